The van der Waals surface area contributed by atoms with Gasteiger partial charge in [-0.05, 0) is 54.7 Å². The van der Waals surface area contributed by atoms with Gasteiger partial charge < -0.3 is 9.15 Å². The first kappa shape index (κ1) is 24.6. The van der Waals surface area contributed by atoms with Crippen molar-refractivity contribution in [1.29, 1.82) is 0 Å². The molecule has 1 saturated heterocycles. The quantitative estimate of drug-likeness (QED) is 0.171. The molecule has 4 rings (SSSR count). The van der Waals surface area contributed by atoms with E-state index in [-0.39, 0.29) is 33.8 Å². The minimum atomic E-state index is -4.65. The van der Waals surface area contributed by atoms with Crippen LogP contribution in [0.15, 0.2) is 64.6 Å². The van der Waals surface area contributed by atoms with Crippen LogP contribution in [0.5, 0.6) is 5.75 Å². The average Bonchev–Trinajstić information content (AvgIpc) is 3.29. The van der Waals surface area contributed by atoms with Gasteiger partial charge in [0.2, 0.25) is 0 Å². The van der Waals surface area contributed by atoms with Crippen LogP contribution in [-0.4, -0.2) is 29.0 Å². The number of methoxy groups -OCH3 is 1. The lowest BCUT2D eigenvalue weighted by atomic mass is 10.1. The van der Waals surface area contributed by atoms with Gasteiger partial charge in [-0.15, -0.1) is 0 Å². The van der Waals surface area contributed by atoms with Crippen LogP contribution in [0.4, 0.5) is 24.5 Å². The summed E-state index contributed by atoms with van der Waals surface area (Å²) in [4.78, 5) is 36.8. The first-order valence-electron chi connectivity index (χ1n) is 10.0. The van der Waals surface area contributed by atoms with Gasteiger partial charge in [0.05, 0.1) is 34.9 Å². The number of benzene rings is 2. The van der Waals surface area contributed by atoms with Crippen molar-refractivity contribution in [2.24, 2.45) is 0 Å². The fourth-order valence-electron chi connectivity index (χ4n) is 3.43. The molecular formula is C23H14F3N3O6S. The Bertz CT molecular complexity index is 1450. The molecule has 1 aliphatic heterocycles. The molecule has 184 valence electrons. The predicted octanol–water partition coefficient (Wildman–Crippen LogP) is 4.71. The molecule has 0 saturated carbocycles. The molecule has 1 N–H and O–H groups in total. The molecule has 13 heteroatoms. The zero-order valence-electron chi connectivity index (χ0n) is 18.2. The van der Waals surface area contributed by atoms with Crippen LogP contribution in [0.3, 0.4) is 0 Å². The van der Waals surface area contributed by atoms with Crippen molar-refractivity contribution in [2.75, 3.05) is 12.0 Å². The van der Waals surface area contributed by atoms with E-state index >= 15 is 0 Å². The topological polar surface area (TPSA) is 115 Å². The van der Waals surface area contributed by atoms with Crippen LogP contribution in [0, 0.1) is 10.1 Å². The Labute approximate surface area is 205 Å². The summed E-state index contributed by atoms with van der Waals surface area (Å²) in [6, 6.07) is 10.8. The minimum absolute atomic E-state index is 0.0562. The molecule has 0 atom stereocenters. The Hall–Kier alpha value is -4.52. The molecule has 0 spiro atoms. The van der Waals surface area contributed by atoms with E-state index in [4.69, 9.17) is 21.4 Å². The summed E-state index contributed by atoms with van der Waals surface area (Å²) in [7, 11) is 1.32. The van der Waals surface area contributed by atoms with Gasteiger partial charge in [0.15, 0.2) is 5.11 Å². The van der Waals surface area contributed by atoms with Gasteiger partial charge in [-0.1, -0.05) is 6.07 Å². The number of anilines is 1. The Morgan fingerprint density at radius 2 is 1.89 bits per heavy atom. The second kappa shape index (κ2) is 9.26. The van der Waals surface area contributed by atoms with Crippen LogP contribution >= 0.6 is 12.2 Å². The molecule has 2 heterocycles. The van der Waals surface area contributed by atoms with E-state index in [1.54, 1.807) is 0 Å². The molecule has 0 unspecified atom stereocenters. The molecule has 2 amide bonds. The molecule has 1 fully saturated rings. The van der Waals surface area contributed by atoms with Gasteiger partial charge in [0.25, 0.3) is 17.5 Å². The molecule has 0 radical (unpaired) electrons. The highest BCUT2D eigenvalue weighted by atomic mass is 32.1. The van der Waals surface area contributed by atoms with Crippen molar-refractivity contribution in [1.82, 2.24) is 5.32 Å². The van der Waals surface area contributed by atoms with Crippen molar-refractivity contribution in [2.45, 2.75) is 6.18 Å². The normalized spacial score (nSPS) is 15.3. The maximum absolute atomic E-state index is 13.1. The maximum Gasteiger partial charge on any atom is 0.416 e. The number of nitrogens with zero attached hydrogens (tertiary/aromatic N) is 2. The zero-order chi connectivity index (χ0) is 26.2. The third kappa shape index (κ3) is 4.68. The Kier molecular flexibility index (Phi) is 6.33. The largest absolute Gasteiger partial charge is 0.496 e. The first-order valence-corrected chi connectivity index (χ1v) is 10.4. The number of rotatable bonds is 5. The highest BCUT2D eigenvalue weighted by Crippen LogP contribution is 2.35. The lowest BCUT2D eigenvalue weighted by molar-refractivity contribution is -0.384. The van der Waals surface area contributed by atoms with Crippen molar-refractivity contribution >= 4 is 46.6 Å². The summed E-state index contributed by atoms with van der Waals surface area (Å²) < 4.78 is 50.3. The number of nitro benzene ring substituents is 1. The highest BCUT2D eigenvalue weighted by molar-refractivity contribution is 7.80. The third-order valence-corrected chi connectivity index (χ3v) is 5.39. The van der Waals surface area contributed by atoms with Gasteiger partial charge in [-0.2, -0.15) is 13.2 Å². The number of thiocarbonyl (C=S) groups is 1. The van der Waals surface area contributed by atoms with Crippen LogP contribution in [0.1, 0.15) is 11.3 Å². The Morgan fingerprint density at radius 3 is 2.56 bits per heavy atom. The molecule has 9 nitrogen and oxygen atoms in total. The van der Waals surface area contributed by atoms with Crippen molar-refractivity contribution < 1.29 is 36.8 Å². The van der Waals surface area contributed by atoms with Gasteiger partial charge in [-0.3, -0.25) is 29.9 Å². The molecule has 0 aliphatic carbocycles. The number of nitrogens with one attached hydrogen (secondary N) is 1. The van der Waals surface area contributed by atoms with E-state index in [2.05, 4.69) is 5.32 Å². The lowest BCUT2D eigenvalue weighted by Crippen LogP contribution is -2.54. The number of nitro groups is 1. The lowest BCUT2D eigenvalue weighted by Gasteiger charge is -2.29. The van der Waals surface area contributed by atoms with Crippen LogP contribution in [0.2, 0.25) is 0 Å². The SMILES string of the molecule is COc1cc([N+](=O)[O-])ccc1-c1ccc(/C=C2\C(=O)NC(=S)N(c3cccc(C(F)(F)F)c3)C2=O)o1. The number of furan rings is 1. The van der Waals surface area contributed by atoms with E-state index in [0.717, 1.165) is 29.2 Å². The number of alkyl halides is 3. The molecule has 36 heavy (non-hydrogen) atoms. The van der Waals surface area contributed by atoms with Crippen molar-refractivity contribution in [3.8, 4) is 17.1 Å². The van der Waals surface area contributed by atoms with Gasteiger partial charge in [-0.25, -0.2) is 0 Å². The van der Waals surface area contributed by atoms with Crippen LogP contribution in [0.25, 0.3) is 17.4 Å². The summed E-state index contributed by atoms with van der Waals surface area (Å²) in [6.07, 6.45) is -3.54. The van der Waals surface area contributed by atoms with E-state index in [1.165, 1.54) is 43.5 Å². The van der Waals surface area contributed by atoms with Gasteiger partial charge in [0, 0.05) is 6.07 Å². The number of carbonyl (C=O) groups is 2. The highest BCUT2D eigenvalue weighted by Gasteiger charge is 2.37. The number of hydrogen-bond donors (Lipinski definition) is 1. The smallest absolute Gasteiger partial charge is 0.416 e. The van der Waals surface area contributed by atoms with Gasteiger partial charge in [0.1, 0.15) is 22.8 Å². The third-order valence-electron chi connectivity index (χ3n) is 5.11. The van der Waals surface area contributed by atoms with Gasteiger partial charge >= 0.3 is 6.18 Å². The number of ether oxygens (including phenoxy) is 1. The summed E-state index contributed by atoms with van der Waals surface area (Å²) in [6.45, 7) is 0. The fourth-order valence-corrected chi connectivity index (χ4v) is 3.71. The fraction of sp³-hybridized carbons (Fsp3) is 0.0870. The van der Waals surface area contributed by atoms with E-state index in [0.29, 0.717) is 5.56 Å². The molecular weight excluding hydrogens is 503 g/mol. The van der Waals surface area contributed by atoms with E-state index < -0.39 is 34.1 Å². The monoisotopic (exact) mass is 517 g/mol. The minimum Gasteiger partial charge on any atom is -0.496 e. The number of halogens is 3. The summed E-state index contributed by atoms with van der Waals surface area (Å²) in [5.74, 6) is -1.37. The molecule has 1 aromatic heterocycles. The molecule has 2 aromatic carbocycles. The summed E-state index contributed by atoms with van der Waals surface area (Å²) >= 11 is 5.02. The second-order valence-electron chi connectivity index (χ2n) is 7.35. The van der Waals surface area contributed by atoms with E-state index in [1.807, 2.05) is 0 Å². The second-order valence-corrected chi connectivity index (χ2v) is 7.74. The Morgan fingerprint density at radius 1 is 1.14 bits per heavy atom. The maximum atomic E-state index is 13.1. The van der Waals surface area contributed by atoms with Crippen molar-refractivity contribution in [3.63, 3.8) is 0 Å². The first-order chi connectivity index (χ1) is 17.0. The number of carbonyl (C=O) groups excluding carboxylic acids is 2. The number of hydrogen-bond acceptors (Lipinski definition) is 7. The predicted molar refractivity (Wildman–Crippen MR) is 125 cm³/mol. The standard InChI is InChI=1S/C23H14F3N3O6S/c1-34-19-10-14(29(32)33)5-7-16(19)18-8-6-15(35-18)11-17-20(30)27-22(36)28(21(17)31)13-4-2-3-12(9-13)23(24,25)26/h2-11H,1H3,(H,27,30,36)/b17-11+. The number of non-ortho nitro benzene ring substituents is 1. The van der Waals surface area contributed by atoms with Crippen LogP contribution in [-0.2, 0) is 15.8 Å². The molecule has 1 aliphatic rings. The molecule has 0 bridgehead atoms. The summed E-state index contributed by atoms with van der Waals surface area (Å²) in [5, 5.41) is 12.9. The summed E-state index contributed by atoms with van der Waals surface area (Å²) in [5.41, 5.74) is -1.43. The number of amides is 2. The zero-order valence-corrected chi connectivity index (χ0v) is 19.0. The Balaban J connectivity index is 1.68. The van der Waals surface area contributed by atoms with Crippen molar-refractivity contribution in [3.05, 3.63) is 81.6 Å². The van der Waals surface area contributed by atoms with E-state index in [9.17, 15) is 32.9 Å². The average molecular weight is 517 g/mol. The van der Waals surface area contributed by atoms with Crippen LogP contribution < -0.4 is 15.0 Å². The molecule has 3 aromatic rings.